The topological polar surface area (TPSA) is 117 Å². The number of hydrogen-bond donors (Lipinski definition) is 3. The molecule has 5 atom stereocenters. The van der Waals surface area contributed by atoms with Gasteiger partial charge in [0.1, 0.15) is 6.04 Å². The molecule has 9 nitrogen and oxygen atoms in total. The minimum absolute atomic E-state index is 0.0312. The Morgan fingerprint density at radius 2 is 1.57 bits per heavy atom. The van der Waals surface area contributed by atoms with E-state index in [1.54, 1.807) is 24.3 Å². The summed E-state index contributed by atoms with van der Waals surface area (Å²) < 4.78 is 42.3. The molecule has 0 aromatic heterocycles. The lowest BCUT2D eigenvalue weighted by Gasteiger charge is -2.42. The van der Waals surface area contributed by atoms with Gasteiger partial charge in [0.05, 0.1) is 23.7 Å². The van der Waals surface area contributed by atoms with Crippen molar-refractivity contribution in [3.8, 4) is 0 Å². The number of nitrogens with one attached hydrogen (secondary N) is 2. The fraction of sp³-hybridized carbons (Fsp3) is 0.308. The molecule has 1 fully saturated rings. The summed E-state index contributed by atoms with van der Waals surface area (Å²) >= 11 is 0. The molecule has 0 spiro atoms. The number of aryl methyl sites for hydroxylation is 1. The lowest BCUT2D eigenvalue weighted by atomic mass is 9.90. The molecule has 10 heteroatoms. The van der Waals surface area contributed by atoms with Crippen LogP contribution < -0.4 is 10.0 Å². The van der Waals surface area contributed by atoms with E-state index in [1.165, 1.54) is 12.1 Å². The maximum atomic E-state index is 13.6. The number of amides is 1. The van der Waals surface area contributed by atoms with E-state index in [4.69, 9.17) is 9.47 Å². The quantitative estimate of drug-likeness (QED) is 0.141. The van der Waals surface area contributed by atoms with Gasteiger partial charge in [-0.3, -0.25) is 4.79 Å². The Labute approximate surface area is 289 Å². The van der Waals surface area contributed by atoms with Gasteiger partial charge < -0.3 is 24.8 Å². The third kappa shape index (κ3) is 9.51. The van der Waals surface area contributed by atoms with E-state index in [-0.39, 0.29) is 36.0 Å². The summed E-state index contributed by atoms with van der Waals surface area (Å²) in [6.45, 7) is 9.21. The van der Waals surface area contributed by atoms with Crippen LogP contribution in [0, 0.1) is 12.8 Å². The van der Waals surface area contributed by atoms with E-state index >= 15 is 0 Å². The molecule has 1 saturated heterocycles. The van der Waals surface area contributed by atoms with Crippen molar-refractivity contribution < 1.29 is 27.8 Å². The minimum Gasteiger partial charge on any atom is -0.392 e. The Kier molecular flexibility index (Phi) is 12.2. The van der Waals surface area contributed by atoms with E-state index in [1.807, 2.05) is 86.8 Å². The number of rotatable bonds is 14. The van der Waals surface area contributed by atoms with Crippen molar-refractivity contribution in [3.05, 3.63) is 144 Å². The molecule has 258 valence electrons. The number of sulfonamides is 1. The first-order valence-electron chi connectivity index (χ1n) is 16.4. The zero-order chi connectivity index (χ0) is 35.0. The number of carbonyl (C=O) groups excluding carboxylic acids is 1. The number of hydrogen-bond acceptors (Lipinski definition) is 7. The summed E-state index contributed by atoms with van der Waals surface area (Å²) in [4.78, 5) is 15.9. The van der Waals surface area contributed by atoms with Gasteiger partial charge in [-0.15, -0.1) is 6.58 Å². The SMILES string of the molecule is C=CCN(C)CC1OC(c2ccc(NC(=O)C(Cc3ccccc3)NS(=O)(=O)c3ccc(C)cc3)cc2)OC(c2ccc(CO)cc2)C1C. The van der Waals surface area contributed by atoms with Crippen LogP contribution in [0.5, 0.6) is 0 Å². The van der Waals surface area contributed by atoms with Gasteiger partial charge in [0.15, 0.2) is 6.29 Å². The predicted octanol–water partition coefficient (Wildman–Crippen LogP) is 5.92. The molecular weight excluding hydrogens is 639 g/mol. The maximum Gasteiger partial charge on any atom is 0.242 e. The second-order valence-electron chi connectivity index (χ2n) is 12.6. The van der Waals surface area contributed by atoms with E-state index in [2.05, 4.69) is 28.4 Å². The maximum absolute atomic E-state index is 13.6. The molecule has 1 heterocycles. The summed E-state index contributed by atoms with van der Waals surface area (Å²) in [6, 6.07) is 29.7. The van der Waals surface area contributed by atoms with Gasteiger partial charge in [-0.1, -0.05) is 97.4 Å². The largest absolute Gasteiger partial charge is 0.392 e. The Bertz CT molecular complexity index is 1780. The number of anilines is 1. The molecule has 4 aromatic carbocycles. The Morgan fingerprint density at radius 3 is 2.20 bits per heavy atom. The van der Waals surface area contributed by atoms with Crippen LogP contribution in [0.15, 0.2) is 121 Å². The number of likely N-dealkylation sites (N-methyl/N-ethyl adjacent to an activating group) is 1. The first-order valence-corrected chi connectivity index (χ1v) is 17.9. The van der Waals surface area contributed by atoms with E-state index < -0.39 is 28.3 Å². The van der Waals surface area contributed by atoms with Crippen molar-refractivity contribution in [1.82, 2.24) is 9.62 Å². The highest BCUT2D eigenvalue weighted by Crippen LogP contribution is 2.42. The van der Waals surface area contributed by atoms with E-state index in [9.17, 15) is 18.3 Å². The lowest BCUT2D eigenvalue weighted by Crippen LogP contribution is -2.45. The Morgan fingerprint density at radius 1 is 0.918 bits per heavy atom. The smallest absolute Gasteiger partial charge is 0.242 e. The zero-order valence-electron chi connectivity index (χ0n) is 28.2. The van der Waals surface area contributed by atoms with Gasteiger partial charge in [-0.05, 0) is 61.3 Å². The van der Waals surface area contributed by atoms with Gasteiger partial charge in [-0.2, -0.15) is 4.72 Å². The third-order valence-electron chi connectivity index (χ3n) is 8.73. The molecule has 0 saturated carbocycles. The van der Waals surface area contributed by atoms with Crippen molar-refractivity contribution in [2.75, 3.05) is 25.5 Å². The third-order valence-corrected chi connectivity index (χ3v) is 10.2. The second kappa shape index (κ2) is 16.5. The lowest BCUT2D eigenvalue weighted by molar-refractivity contribution is -0.275. The van der Waals surface area contributed by atoms with Crippen molar-refractivity contribution in [2.24, 2.45) is 5.92 Å². The number of aliphatic hydroxyl groups excluding tert-OH is 1. The fourth-order valence-corrected chi connectivity index (χ4v) is 7.09. The average Bonchev–Trinajstić information content (AvgIpc) is 3.10. The molecule has 49 heavy (non-hydrogen) atoms. The van der Waals surface area contributed by atoms with Gasteiger partial charge >= 0.3 is 0 Å². The van der Waals surface area contributed by atoms with Crippen LogP contribution in [0.2, 0.25) is 0 Å². The van der Waals surface area contributed by atoms with Crippen LogP contribution >= 0.6 is 0 Å². The number of aliphatic hydroxyl groups is 1. The van der Waals surface area contributed by atoms with E-state index in [0.717, 1.165) is 34.4 Å². The minimum atomic E-state index is -3.97. The van der Waals surface area contributed by atoms with Crippen molar-refractivity contribution in [3.63, 3.8) is 0 Å². The standard InChI is InChI=1S/C39H45N3O6S/c1-5-23-42(4)25-36-28(3)37(31-15-13-30(26-43)14-16-31)48-39(47-36)32-17-19-33(20-18-32)40-38(44)35(24-29-9-7-6-8-10-29)41-49(45,46)34-21-11-27(2)12-22-34/h5-22,28,35-37,39,41,43H,1,23-26H2,2-4H3,(H,40,44). The average molecular weight is 684 g/mol. The monoisotopic (exact) mass is 683 g/mol. The van der Waals surface area contributed by atoms with E-state index in [0.29, 0.717) is 12.2 Å². The number of ether oxygens (including phenoxy) is 2. The molecule has 5 rings (SSSR count). The highest BCUT2D eigenvalue weighted by atomic mass is 32.2. The summed E-state index contributed by atoms with van der Waals surface area (Å²) in [5.41, 5.74) is 4.86. The van der Waals surface area contributed by atoms with Crippen LogP contribution in [0.3, 0.4) is 0 Å². The number of benzene rings is 4. The van der Waals surface area contributed by atoms with Crippen LogP contribution in [0.1, 0.15) is 47.1 Å². The summed E-state index contributed by atoms with van der Waals surface area (Å²) in [6.07, 6.45) is 0.953. The summed E-state index contributed by atoms with van der Waals surface area (Å²) in [5.74, 6) is -0.449. The Hall–Kier alpha value is -4.16. The van der Waals surface area contributed by atoms with Gasteiger partial charge in [0, 0.05) is 30.3 Å². The van der Waals surface area contributed by atoms with Crippen LogP contribution in [-0.2, 0) is 37.3 Å². The van der Waals surface area contributed by atoms with Crippen LogP contribution in [0.25, 0.3) is 0 Å². The first kappa shape index (κ1) is 36.1. The normalized spacial score (nSPS) is 20.1. The molecule has 0 bridgehead atoms. The second-order valence-corrected chi connectivity index (χ2v) is 14.3. The molecule has 1 aliphatic heterocycles. The fourth-order valence-electron chi connectivity index (χ4n) is 5.89. The first-order chi connectivity index (χ1) is 23.6. The van der Waals surface area contributed by atoms with Gasteiger partial charge in [-0.25, -0.2) is 8.42 Å². The summed E-state index contributed by atoms with van der Waals surface area (Å²) in [5, 5.41) is 12.4. The summed E-state index contributed by atoms with van der Waals surface area (Å²) in [7, 11) is -1.95. The number of carbonyl (C=O) groups is 1. The molecule has 0 aliphatic carbocycles. The van der Waals surface area contributed by atoms with Crippen LogP contribution in [0.4, 0.5) is 5.69 Å². The Balaban J connectivity index is 1.34. The van der Waals surface area contributed by atoms with Crippen molar-refractivity contribution in [1.29, 1.82) is 0 Å². The highest BCUT2D eigenvalue weighted by molar-refractivity contribution is 7.89. The van der Waals surface area contributed by atoms with Crippen LogP contribution in [-0.4, -0.2) is 56.6 Å². The molecule has 0 radical (unpaired) electrons. The highest BCUT2D eigenvalue weighted by Gasteiger charge is 2.38. The molecular formula is C39H45N3O6S. The van der Waals surface area contributed by atoms with Crippen molar-refractivity contribution >= 4 is 21.6 Å². The number of nitrogens with zero attached hydrogens (tertiary/aromatic N) is 1. The molecule has 1 aliphatic rings. The molecule has 1 amide bonds. The zero-order valence-corrected chi connectivity index (χ0v) is 29.0. The predicted molar refractivity (Wildman–Crippen MR) is 191 cm³/mol. The molecule has 5 unspecified atom stereocenters. The van der Waals surface area contributed by atoms with Crippen molar-refractivity contribution in [2.45, 2.75) is 56.3 Å². The molecule has 4 aromatic rings. The van der Waals surface area contributed by atoms with Gasteiger partial charge in [0.25, 0.3) is 0 Å². The van der Waals surface area contributed by atoms with Gasteiger partial charge in [0.2, 0.25) is 15.9 Å². The molecule has 3 N–H and O–H groups in total.